The minimum atomic E-state index is -4.59. The number of halogens is 3. The maximum absolute atomic E-state index is 14.7. The van der Waals surface area contributed by atoms with E-state index in [-0.39, 0.29) is 24.0 Å². The summed E-state index contributed by atoms with van der Waals surface area (Å²) in [6.07, 6.45) is 4.62. The fourth-order valence-corrected chi connectivity index (χ4v) is 6.02. The van der Waals surface area contributed by atoms with Crippen LogP contribution in [0.4, 0.5) is 13.2 Å². The number of rotatable bonds is 15. The van der Waals surface area contributed by atoms with Gasteiger partial charge in [0.1, 0.15) is 11.8 Å². The van der Waals surface area contributed by atoms with E-state index in [1.54, 1.807) is 6.08 Å². The topological polar surface area (TPSA) is 64.8 Å². The van der Waals surface area contributed by atoms with E-state index < -0.39 is 17.8 Å². The molecule has 1 saturated heterocycles. The molecule has 0 aliphatic carbocycles. The highest BCUT2D eigenvalue weighted by molar-refractivity contribution is 5.79. The molecule has 1 heterocycles. The average molecular weight is 651 g/mol. The van der Waals surface area contributed by atoms with Crippen molar-refractivity contribution in [2.24, 2.45) is 11.7 Å². The van der Waals surface area contributed by atoms with E-state index in [0.29, 0.717) is 44.0 Å². The third kappa shape index (κ3) is 10.4. The summed E-state index contributed by atoms with van der Waals surface area (Å²) in [6, 6.07) is 18.0. The SMILES string of the molecule is Cc1c(/C=C/c2cc(OCCCCCCN)c(CN3CCCC[C@H]3C(=O)OCC(C)C)cc2C(F)(F)F)cccc1-c1ccccc1. The number of carbonyl (C=O) groups is 1. The Bertz CT molecular complexity index is 1470. The minimum absolute atomic E-state index is 0.0374. The predicted molar refractivity (Wildman–Crippen MR) is 184 cm³/mol. The molecule has 0 spiro atoms. The Kier molecular flexibility index (Phi) is 13.5. The Morgan fingerprint density at radius 2 is 1.72 bits per heavy atom. The summed E-state index contributed by atoms with van der Waals surface area (Å²) in [7, 11) is 0. The van der Waals surface area contributed by atoms with Gasteiger partial charge >= 0.3 is 12.1 Å². The van der Waals surface area contributed by atoms with E-state index in [2.05, 4.69) is 0 Å². The van der Waals surface area contributed by atoms with Crippen LogP contribution in [0.3, 0.4) is 0 Å². The molecule has 0 aromatic heterocycles. The molecule has 254 valence electrons. The zero-order chi connectivity index (χ0) is 33.8. The van der Waals surface area contributed by atoms with Crippen molar-refractivity contribution in [1.82, 2.24) is 4.90 Å². The Morgan fingerprint density at radius 1 is 0.979 bits per heavy atom. The quantitative estimate of drug-likeness (QED) is 0.101. The molecule has 47 heavy (non-hydrogen) atoms. The highest BCUT2D eigenvalue weighted by atomic mass is 19.4. The highest BCUT2D eigenvalue weighted by Gasteiger charge is 2.36. The molecule has 3 aromatic rings. The number of nitrogens with zero attached hydrogens (tertiary/aromatic N) is 1. The first kappa shape index (κ1) is 36.2. The van der Waals surface area contributed by atoms with Gasteiger partial charge in [-0.25, -0.2) is 0 Å². The van der Waals surface area contributed by atoms with Crippen LogP contribution in [-0.4, -0.2) is 43.2 Å². The summed E-state index contributed by atoms with van der Waals surface area (Å²) in [6.45, 7) is 8.01. The van der Waals surface area contributed by atoms with Gasteiger partial charge in [-0.1, -0.05) is 93.8 Å². The van der Waals surface area contributed by atoms with Crippen molar-refractivity contribution < 1.29 is 27.4 Å². The number of esters is 1. The maximum Gasteiger partial charge on any atom is 0.417 e. The van der Waals surface area contributed by atoms with Gasteiger partial charge in [0, 0.05) is 12.1 Å². The first-order valence-electron chi connectivity index (χ1n) is 16.9. The third-order valence-corrected chi connectivity index (χ3v) is 8.62. The second-order valence-corrected chi connectivity index (χ2v) is 12.8. The van der Waals surface area contributed by atoms with Gasteiger partial charge in [-0.05, 0) is 91.6 Å². The molecule has 0 bridgehead atoms. The first-order valence-corrected chi connectivity index (χ1v) is 16.9. The van der Waals surface area contributed by atoms with Crippen LogP contribution >= 0.6 is 0 Å². The molecule has 0 saturated carbocycles. The van der Waals surface area contributed by atoms with Gasteiger partial charge in [0.15, 0.2) is 0 Å². The lowest BCUT2D eigenvalue weighted by molar-refractivity contribution is -0.153. The van der Waals surface area contributed by atoms with Crippen LogP contribution in [-0.2, 0) is 22.3 Å². The summed E-state index contributed by atoms with van der Waals surface area (Å²) in [4.78, 5) is 15.0. The van der Waals surface area contributed by atoms with Crippen LogP contribution in [0.2, 0.25) is 0 Å². The molecule has 2 N–H and O–H groups in total. The molecular formula is C39H49F3N2O3. The Morgan fingerprint density at radius 3 is 2.45 bits per heavy atom. The van der Waals surface area contributed by atoms with Gasteiger partial charge in [-0.3, -0.25) is 9.69 Å². The van der Waals surface area contributed by atoms with Gasteiger partial charge in [-0.15, -0.1) is 0 Å². The van der Waals surface area contributed by atoms with Crippen LogP contribution < -0.4 is 10.5 Å². The summed E-state index contributed by atoms with van der Waals surface area (Å²) in [5.74, 6) is 0.288. The van der Waals surface area contributed by atoms with Crippen molar-refractivity contribution in [1.29, 1.82) is 0 Å². The number of likely N-dealkylation sites (tertiary alicyclic amines) is 1. The van der Waals surface area contributed by atoms with Gasteiger partial charge in [-0.2, -0.15) is 13.2 Å². The van der Waals surface area contributed by atoms with E-state index in [4.69, 9.17) is 15.2 Å². The van der Waals surface area contributed by atoms with Crippen molar-refractivity contribution in [2.75, 3.05) is 26.3 Å². The number of carbonyl (C=O) groups excluding carboxylic acids is 1. The zero-order valence-corrected chi connectivity index (χ0v) is 28.0. The standard InChI is InChI=1S/C39H49F3N2O3/c1-28(2)27-47-38(45)36-18-9-11-22-44(36)26-33-24-35(39(40,41)42)32(25-37(33)46-23-12-5-4-10-21-43)20-19-30-16-13-17-34(29(30)3)31-14-7-6-8-15-31/h6-8,13-17,19-20,24-25,28,36H,4-5,9-12,18,21-23,26-27,43H2,1-3H3/b20-19+/t36-/m0/s1. The summed E-state index contributed by atoms with van der Waals surface area (Å²) in [5.41, 5.74) is 9.24. The molecular weight excluding hydrogens is 601 g/mol. The van der Waals surface area contributed by atoms with E-state index in [9.17, 15) is 18.0 Å². The number of benzene rings is 3. The van der Waals surface area contributed by atoms with Crippen LogP contribution in [0.5, 0.6) is 5.75 Å². The zero-order valence-electron chi connectivity index (χ0n) is 28.0. The minimum Gasteiger partial charge on any atom is -0.493 e. The van der Waals surface area contributed by atoms with Crippen LogP contribution in [0.15, 0.2) is 60.7 Å². The van der Waals surface area contributed by atoms with Crippen LogP contribution in [0, 0.1) is 12.8 Å². The lowest BCUT2D eigenvalue weighted by Crippen LogP contribution is -2.45. The summed E-state index contributed by atoms with van der Waals surface area (Å²) >= 11 is 0. The Labute approximate surface area is 277 Å². The number of alkyl halides is 3. The molecule has 0 amide bonds. The van der Waals surface area contributed by atoms with Crippen LogP contribution in [0.25, 0.3) is 23.3 Å². The first-order chi connectivity index (χ1) is 22.6. The molecule has 1 atom stereocenters. The molecule has 4 rings (SSSR count). The van der Waals surface area contributed by atoms with Gasteiger partial charge in [0.2, 0.25) is 0 Å². The van der Waals surface area contributed by atoms with E-state index >= 15 is 0 Å². The van der Waals surface area contributed by atoms with Crippen LogP contribution in [0.1, 0.15) is 86.6 Å². The number of hydrogen-bond acceptors (Lipinski definition) is 5. The average Bonchev–Trinajstić information content (AvgIpc) is 3.05. The largest absolute Gasteiger partial charge is 0.493 e. The second kappa shape index (κ2) is 17.5. The molecule has 3 aromatic carbocycles. The van der Waals surface area contributed by atoms with Crippen molar-refractivity contribution in [3.8, 4) is 16.9 Å². The molecule has 1 fully saturated rings. The third-order valence-electron chi connectivity index (χ3n) is 8.62. The fourth-order valence-electron chi connectivity index (χ4n) is 6.02. The van der Waals surface area contributed by atoms with Crippen molar-refractivity contribution in [3.05, 3.63) is 88.5 Å². The van der Waals surface area contributed by atoms with Gasteiger partial charge in [0.05, 0.1) is 18.8 Å². The lowest BCUT2D eigenvalue weighted by Gasteiger charge is -2.34. The Hall–Kier alpha value is -3.62. The van der Waals surface area contributed by atoms with E-state index in [1.165, 1.54) is 18.2 Å². The predicted octanol–water partition coefficient (Wildman–Crippen LogP) is 9.30. The number of ether oxygens (including phenoxy) is 2. The lowest BCUT2D eigenvalue weighted by atomic mass is 9.95. The molecule has 1 aliphatic heterocycles. The van der Waals surface area contributed by atoms with Crippen molar-refractivity contribution >= 4 is 18.1 Å². The number of unbranched alkanes of at least 4 members (excludes halogenated alkanes) is 3. The van der Waals surface area contributed by atoms with E-state index in [0.717, 1.165) is 60.8 Å². The van der Waals surface area contributed by atoms with Crippen molar-refractivity contribution in [3.63, 3.8) is 0 Å². The molecule has 5 nitrogen and oxygen atoms in total. The summed E-state index contributed by atoms with van der Waals surface area (Å²) in [5, 5.41) is 0. The fraction of sp³-hybridized carbons (Fsp3) is 0.462. The molecule has 0 radical (unpaired) electrons. The van der Waals surface area contributed by atoms with Crippen molar-refractivity contribution in [2.45, 2.75) is 84.5 Å². The Balaban J connectivity index is 1.69. The monoisotopic (exact) mass is 650 g/mol. The summed E-state index contributed by atoms with van der Waals surface area (Å²) < 4.78 is 55.8. The van der Waals surface area contributed by atoms with E-state index in [1.807, 2.05) is 74.2 Å². The number of hydrogen-bond donors (Lipinski definition) is 1. The second-order valence-electron chi connectivity index (χ2n) is 12.8. The molecule has 1 aliphatic rings. The maximum atomic E-state index is 14.7. The normalized spacial score (nSPS) is 15.8. The number of piperidine rings is 1. The highest BCUT2D eigenvalue weighted by Crippen LogP contribution is 2.38. The molecule has 8 heteroatoms. The van der Waals surface area contributed by atoms with Gasteiger partial charge < -0.3 is 15.2 Å². The van der Waals surface area contributed by atoms with Gasteiger partial charge in [0.25, 0.3) is 0 Å². The smallest absolute Gasteiger partial charge is 0.417 e. The number of nitrogens with two attached hydrogens (primary N) is 1. The molecule has 0 unspecified atom stereocenters.